The van der Waals surface area contributed by atoms with Crippen LogP contribution in [0.25, 0.3) is 0 Å². The summed E-state index contributed by atoms with van der Waals surface area (Å²) in [4.78, 5) is 24.6. The van der Waals surface area contributed by atoms with E-state index in [4.69, 9.17) is 9.47 Å². The Morgan fingerprint density at radius 1 is 0.893 bits per heavy atom. The SMILES string of the molecule is O=C(Nc1cccc(C(F)(F)F)c1)C1CC1C(=O)Nc1ccc2c(c1)OCO2. The number of hydrogen-bond acceptors (Lipinski definition) is 4. The van der Waals surface area contributed by atoms with Crippen molar-refractivity contribution in [1.82, 2.24) is 0 Å². The number of alkyl halides is 3. The molecule has 6 nitrogen and oxygen atoms in total. The van der Waals surface area contributed by atoms with E-state index in [1.807, 2.05) is 0 Å². The van der Waals surface area contributed by atoms with Crippen molar-refractivity contribution in [3.8, 4) is 11.5 Å². The standard InChI is InChI=1S/C19H15F3N2O4/c20-19(21,22)10-2-1-3-11(6-10)23-17(25)13-8-14(13)18(26)24-12-4-5-15-16(7-12)28-9-27-15/h1-7,13-14H,8-9H2,(H,23,25)(H,24,26). The number of hydrogen-bond donors (Lipinski definition) is 2. The van der Waals surface area contributed by atoms with E-state index in [0.717, 1.165) is 12.1 Å². The number of carbonyl (C=O) groups is 2. The van der Waals surface area contributed by atoms with E-state index in [2.05, 4.69) is 10.6 Å². The third-order valence-electron chi connectivity index (χ3n) is 4.56. The summed E-state index contributed by atoms with van der Waals surface area (Å²) in [6.07, 6.45) is -4.16. The zero-order valence-corrected chi connectivity index (χ0v) is 14.4. The molecular weight excluding hydrogens is 377 g/mol. The van der Waals surface area contributed by atoms with E-state index in [1.54, 1.807) is 18.2 Å². The number of rotatable bonds is 4. The molecule has 0 aromatic heterocycles. The molecule has 1 saturated carbocycles. The van der Waals surface area contributed by atoms with Crippen LogP contribution in [0.15, 0.2) is 42.5 Å². The van der Waals surface area contributed by atoms with Crippen molar-refractivity contribution in [2.24, 2.45) is 11.8 Å². The van der Waals surface area contributed by atoms with Crippen LogP contribution in [-0.2, 0) is 15.8 Å². The van der Waals surface area contributed by atoms with E-state index in [9.17, 15) is 22.8 Å². The maximum absolute atomic E-state index is 12.8. The van der Waals surface area contributed by atoms with E-state index in [-0.39, 0.29) is 18.4 Å². The molecule has 0 bridgehead atoms. The van der Waals surface area contributed by atoms with Gasteiger partial charge in [0.2, 0.25) is 18.6 Å². The monoisotopic (exact) mass is 392 g/mol. The molecule has 2 aromatic rings. The van der Waals surface area contributed by atoms with Crippen LogP contribution < -0.4 is 20.1 Å². The summed E-state index contributed by atoms with van der Waals surface area (Å²) in [5, 5.41) is 5.15. The first-order valence-electron chi connectivity index (χ1n) is 8.50. The van der Waals surface area contributed by atoms with Gasteiger partial charge in [-0.25, -0.2) is 0 Å². The quantitative estimate of drug-likeness (QED) is 0.833. The van der Waals surface area contributed by atoms with Crippen molar-refractivity contribution < 1.29 is 32.2 Å². The summed E-state index contributed by atoms with van der Waals surface area (Å²) in [6.45, 7) is 0.118. The van der Waals surface area contributed by atoms with Crippen LogP contribution in [0, 0.1) is 11.8 Å². The van der Waals surface area contributed by atoms with Crippen LogP contribution in [0.2, 0.25) is 0 Å². The molecule has 2 aromatic carbocycles. The zero-order chi connectivity index (χ0) is 19.9. The van der Waals surface area contributed by atoms with Gasteiger partial charge >= 0.3 is 6.18 Å². The number of halogens is 3. The second kappa shape index (κ2) is 6.74. The Kier molecular flexibility index (Phi) is 4.37. The number of amides is 2. The van der Waals surface area contributed by atoms with Gasteiger partial charge < -0.3 is 20.1 Å². The Morgan fingerprint density at radius 2 is 1.54 bits per heavy atom. The van der Waals surface area contributed by atoms with Gasteiger partial charge in [-0.2, -0.15) is 13.2 Å². The van der Waals surface area contributed by atoms with Gasteiger partial charge in [-0.3, -0.25) is 9.59 Å². The van der Waals surface area contributed by atoms with Gasteiger partial charge in [0.05, 0.1) is 17.4 Å². The number of benzene rings is 2. The molecule has 4 rings (SSSR count). The molecule has 1 fully saturated rings. The minimum Gasteiger partial charge on any atom is -0.454 e. The summed E-state index contributed by atoms with van der Waals surface area (Å²) < 4.78 is 48.7. The molecule has 2 unspecified atom stereocenters. The van der Waals surface area contributed by atoms with Crippen molar-refractivity contribution in [3.63, 3.8) is 0 Å². The van der Waals surface area contributed by atoms with Crippen LogP contribution in [0.1, 0.15) is 12.0 Å². The Morgan fingerprint density at radius 3 is 2.21 bits per heavy atom. The highest BCUT2D eigenvalue weighted by Crippen LogP contribution is 2.41. The molecule has 1 aliphatic carbocycles. The first-order chi connectivity index (χ1) is 13.3. The number of nitrogens with one attached hydrogen (secondary N) is 2. The third kappa shape index (κ3) is 3.73. The number of fused-ring (bicyclic) bond motifs is 1. The van der Waals surface area contributed by atoms with Gasteiger partial charge in [0.15, 0.2) is 11.5 Å². The molecule has 28 heavy (non-hydrogen) atoms. The molecule has 2 amide bonds. The van der Waals surface area contributed by atoms with Gasteiger partial charge in [-0.15, -0.1) is 0 Å². The first-order valence-corrected chi connectivity index (χ1v) is 8.50. The Balaban J connectivity index is 1.35. The topological polar surface area (TPSA) is 76.7 Å². The van der Waals surface area contributed by atoms with E-state index in [1.165, 1.54) is 12.1 Å². The Labute approximate surface area is 157 Å². The van der Waals surface area contributed by atoms with Gasteiger partial charge in [0.1, 0.15) is 0 Å². The molecule has 9 heteroatoms. The maximum Gasteiger partial charge on any atom is 0.416 e. The smallest absolute Gasteiger partial charge is 0.416 e. The fourth-order valence-electron chi connectivity index (χ4n) is 2.99. The fraction of sp³-hybridized carbons (Fsp3) is 0.263. The minimum atomic E-state index is -4.49. The van der Waals surface area contributed by atoms with Crippen LogP contribution in [-0.4, -0.2) is 18.6 Å². The van der Waals surface area contributed by atoms with E-state index < -0.39 is 29.5 Å². The third-order valence-corrected chi connectivity index (χ3v) is 4.56. The highest BCUT2D eigenvalue weighted by molar-refractivity contribution is 6.03. The lowest BCUT2D eigenvalue weighted by Gasteiger charge is -2.10. The van der Waals surface area contributed by atoms with Gasteiger partial charge in [0.25, 0.3) is 0 Å². The zero-order valence-electron chi connectivity index (χ0n) is 14.4. The van der Waals surface area contributed by atoms with Gasteiger partial charge in [-0.1, -0.05) is 6.07 Å². The number of carbonyl (C=O) groups excluding carboxylic acids is 2. The van der Waals surface area contributed by atoms with Crippen LogP contribution in [0.5, 0.6) is 11.5 Å². The van der Waals surface area contributed by atoms with Crippen molar-refractivity contribution in [3.05, 3.63) is 48.0 Å². The number of ether oxygens (including phenoxy) is 2. The highest BCUT2D eigenvalue weighted by Gasteiger charge is 2.48. The molecule has 1 aliphatic heterocycles. The second-order valence-electron chi connectivity index (χ2n) is 6.57. The molecule has 0 spiro atoms. The van der Waals surface area contributed by atoms with E-state index in [0.29, 0.717) is 23.6 Å². The lowest BCUT2D eigenvalue weighted by molar-refractivity contribution is -0.137. The van der Waals surface area contributed by atoms with Crippen LogP contribution in [0.4, 0.5) is 24.5 Å². The molecule has 2 atom stereocenters. The maximum atomic E-state index is 12.8. The first kappa shape index (κ1) is 18.1. The predicted molar refractivity (Wildman–Crippen MR) is 92.9 cm³/mol. The lowest BCUT2D eigenvalue weighted by Crippen LogP contribution is -2.20. The molecule has 146 valence electrons. The second-order valence-corrected chi connectivity index (χ2v) is 6.57. The average Bonchev–Trinajstić information content (AvgIpc) is 3.32. The van der Waals surface area contributed by atoms with Gasteiger partial charge in [0, 0.05) is 17.4 Å². The number of anilines is 2. The average molecular weight is 392 g/mol. The van der Waals surface area contributed by atoms with Crippen LogP contribution >= 0.6 is 0 Å². The van der Waals surface area contributed by atoms with Crippen molar-refractivity contribution in [2.75, 3.05) is 17.4 Å². The van der Waals surface area contributed by atoms with E-state index >= 15 is 0 Å². The van der Waals surface area contributed by atoms with Crippen molar-refractivity contribution in [1.29, 1.82) is 0 Å². The predicted octanol–water partition coefficient (Wildman–Crippen LogP) is 3.65. The normalized spacial score (nSPS) is 19.8. The molecular formula is C19H15F3N2O4. The molecule has 1 heterocycles. The molecule has 2 N–H and O–H groups in total. The summed E-state index contributed by atoms with van der Waals surface area (Å²) in [7, 11) is 0. The Hall–Kier alpha value is -3.23. The summed E-state index contributed by atoms with van der Waals surface area (Å²) in [6, 6.07) is 9.33. The molecule has 0 saturated heterocycles. The van der Waals surface area contributed by atoms with Crippen LogP contribution in [0.3, 0.4) is 0 Å². The lowest BCUT2D eigenvalue weighted by atomic mass is 10.2. The highest BCUT2D eigenvalue weighted by atomic mass is 19.4. The molecule has 0 radical (unpaired) electrons. The minimum absolute atomic E-state index is 0.0432. The summed E-state index contributed by atoms with van der Waals surface area (Å²) in [5.41, 5.74) is -0.293. The van der Waals surface area contributed by atoms with Crippen molar-refractivity contribution in [2.45, 2.75) is 12.6 Å². The van der Waals surface area contributed by atoms with Crippen molar-refractivity contribution >= 4 is 23.2 Å². The molecule has 2 aliphatic rings. The Bertz CT molecular complexity index is 945. The summed E-state index contributed by atoms with van der Waals surface area (Å²) in [5.74, 6) is -0.816. The largest absolute Gasteiger partial charge is 0.454 e. The fourth-order valence-corrected chi connectivity index (χ4v) is 2.99. The summed E-state index contributed by atoms with van der Waals surface area (Å²) >= 11 is 0. The van der Waals surface area contributed by atoms with Gasteiger partial charge in [-0.05, 0) is 36.8 Å².